The summed E-state index contributed by atoms with van der Waals surface area (Å²) in [6, 6.07) is 26.8. The molecule has 0 heterocycles. The maximum Gasteiger partial charge on any atom is 0.319 e. The molecule has 2 amide bonds. The van der Waals surface area contributed by atoms with Crippen LogP contribution in [0.3, 0.4) is 0 Å². The third-order valence-electron chi connectivity index (χ3n) is 3.89. The fourth-order valence-corrected chi connectivity index (χ4v) is 2.77. The van der Waals surface area contributed by atoms with E-state index >= 15 is 0 Å². The smallest absolute Gasteiger partial charge is 0.319 e. The normalized spacial score (nSPS) is 11.6. The van der Waals surface area contributed by atoms with Crippen molar-refractivity contribution < 1.29 is 4.79 Å². The summed E-state index contributed by atoms with van der Waals surface area (Å²) in [5, 5.41) is 6.54. The van der Waals surface area contributed by atoms with Crippen molar-refractivity contribution in [2.45, 2.75) is 12.5 Å². The molecular formula is C21H19ClN2O. The van der Waals surface area contributed by atoms with Gasteiger partial charge in [-0.3, -0.25) is 0 Å². The molecule has 2 N–H and O–H groups in total. The second kappa shape index (κ2) is 8.36. The molecule has 126 valence electrons. The largest absolute Gasteiger partial charge is 0.331 e. The lowest BCUT2D eigenvalue weighted by Crippen LogP contribution is -2.33. The van der Waals surface area contributed by atoms with E-state index in [4.69, 9.17) is 11.6 Å². The lowest BCUT2D eigenvalue weighted by Gasteiger charge is -2.20. The predicted molar refractivity (Wildman–Crippen MR) is 103 cm³/mol. The Hall–Kier alpha value is -2.78. The van der Waals surface area contributed by atoms with E-state index in [-0.39, 0.29) is 12.1 Å². The lowest BCUT2D eigenvalue weighted by molar-refractivity contribution is 0.248. The Labute approximate surface area is 152 Å². The van der Waals surface area contributed by atoms with E-state index in [0.717, 1.165) is 12.0 Å². The van der Waals surface area contributed by atoms with Gasteiger partial charge in [-0.05, 0) is 41.8 Å². The average molecular weight is 351 g/mol. The number of carbonyl (C=O) groups excluding carboxylic acids is 1. The molecule has 3 rings (SSSR count). The highest BCUT2D eigenvalue weighted by atomic mass is 35.5. The summed E-state index contributed by atoms with van der Waals surface area (Å²) in [4.78, 5) is 12.4. The summed E-state index contributed by atoms with van der Waals surface area (Å²) in [7, 11) is 0. The van der Waals surface area contributed by atoms with Crippen molar-refractivity contribution in [2.75, 3.05) is 5.32 Å². The first kappa shape index (κ1) is 17.1. The molecular weight excluding hydrogens is 332 g/mol. The van der Waals surface area contributed by atoms with E-state index < -0.39 is 0 Å². The Kier molecular flexibility index (Phi) is 5.70. The van der Waals surface area contributed by atoms with Crippen molar-refractivity contribution in [1.29, 1.82) is 0 Å². The number of anilines is 1. The van der Waals surface area contributed by atoms with Gasteiger partial charge in [-0.25, -0.2) is 4.79 Å². The summed E-state index contributed by atoms with van der Waals surface area (Å²) in [6.45, 7) is 0. The van der Waals surface area contributed by atoms with Crippen LogP contribution in [0.1, 0.15) is 17.2 Å². The van der Waals surface area contributed by atoms with Gasteiger partial charge < -0.3 is 10.6 Å². The van der Waals surface area contributed by atoms with Crippen molar-refractivity contribution in [3.63, 3.8) is 0 Å². The van der Waals surface area contributed by atoms with Crippen LogP contribution in [0.4, 0.5) is 10.5 Å². The lowest BCUT2D eigenvalue weighted by atomic mass is 9.99. The molecule has 0 aliphatic carbocycles. The van der Waals surface area contributed by atoms with Gasteiger partial charge in [0.1, 0.15) is 0 Å². The average Bonchev–Trinajstić information content (AvgIpc) is 2.65. The first-order valence-corrected chi connectivity index (χ1v) is 8.50. The van der Waals surface area contributed by atoms with Crippen LogP contribution in [0, 0.1) is 0 Å². The molecule has 0 aliphatic heterocycles. The Morgan fingerprint density at radius 2 is 1.44 bits per heavy atom. The van der Waals surface area contributed by atoms with E-state index in [0.29, 0.717) is 10.7 Å². The number of hydrogen-bond donors (Lipinski definition) is 2. The number of benzene rings is 3. The molecule has 1 atom stereocenters. The Bertz CT molecular complexity index is 804. The Morgan fingerprint density at radius 3 is 2.08 bits per heavy atom. The zero-order valence-corrected chi connectivity index (χ0v) is 14.4. The maximum atomic E-state index is 12.4. The number of carbonyl (C=O) groups is 1. The second-order valence-electron chi connectivity index (χ2n) is 5.76. The van der Waals surface area contributed by atoms with E-state index in [2.05, 4.69) is 22.8 Å². The van der Waals surface area contributed by atoms with Gasteiger partial charge in [-0.2, -0.15) is 0 Å². The van der Waals surface area contributed by atoms with Crippen LogP contribution in [0.25, 0.3) is 0 Å². The summed E-state index contributed by atoms with van der Waals surface area (Å²) in [5.41, 5.74) is 2.94. The first-order valence-electron chi connectivity index (χ1n) is 8.12. The van der Waals surface area contributed by atoms with Crippen LogP contribution in [-0.2, 0) is 6.42 Å². The third kappa shape index (κ3) is 5.10. The van der Waals surface area contributed by atoms with E-state index in [1.54, 1.807) is 24.3 Å². The van der Waals surface area contributed by atoms with Gasteiger partial charge in [0.15, 0.2) is 0 Å². The Morgan fingerprint density at radius 1 is 0.840 bits per heavy atom. The fraction of sp³-hybridized carbons (Fsp3) is 0.0952. The topological polar surface area (TPSA) is 41.1 Å². The van der Waals surface area contributed by atoms with Crippen LogP contribution in [-0.4, -0.2) is 6.03 Å². The maximum absolute atomic E-state index is 12.4. The molecule has 0 unspecified atom stereocenters. The standard InChI is InChI=1S/C21H19ClN2O/c22-18-11-13-19(14-12-18)23-21(25)24-20(17-9-5-2-6-10-17)15-16-7-3-1-4-8-16/h1-14,20H,15H2,(H2,23,24,25)/t20-/m0/s1. The first-order chi connectivity index (χ1) is 12.2. The quantitative estimate of drug-likeness (QED) is 0.631. The van der Waals surface area contributed by atoms with E-state index in [1.165, 1.54) is 5.56 Å². The van der Waals surface area contributed by atoms with Gasteiger partial charge in [0.05, 0.1) is 6.04 Å². The summed E-state index contributed by atoms with van der Waals surface area (Å²) < 4.78 is 0. The van der Waals surface area contributed by atoms with E-state index in [9.17, 15) is 4.79 Å². The molecule has 0 fully saturated rings. The summed E-state index contributed by atoms with van der Waals surface area (Å²) >= 11 is 5.87. The minimum atomic E-state index is -0.243. The molecule has 3 aromatic carbocycles. The summed E-state index contributed by atoms with van der Waals surface area (Å²) in [6.07, 6.45) is 0.721. The molecule has 0 spiro atoms. The van der Waals surface area contributed by atoms with Crippen LogP contribution in [0.15, 0.2) is 84.9 Å². The van der Waals surface area contributed by atoms with Gasteiger partial charge in [0.25, 0.3) is 0 Å². The molecule has 0 saturated heterocycles. The number of rotatable bonds is 5. The van der Waals surface area contributed by atoms with Crippen molar-refractivity contribution in [3.05, 3.63) is 101 Å². The molecule has 0 aliphatic rings. The van der Waals surface area contributed by atoms with Crippen LogP contribution >= 0.6 is 11.6 Å². The molecule has 0 radical (unpaired) electrons. The van der Waals surface area contributed by atoms with Crippen LogP contribution in [0.2, 0.25) is 5.02 Å². The highest BCUT2D eigenvalue weighted by Crippen LogP contribution is 2.19. The summed E-state index contributed by atoms with van der Waals surface area (Å²) in [5.74, 6) is 0. The minimum Gasteiger partial charge on any atom is -0.331 e. The predicted octanol–water partition coefficient (Wildman–Crippen LogP) is 5.45. The fourth-order valence-electron chi connectivity index (χ4n) is 2.65. The highest BCUT2D eigenvalue weighted by Gasteiger charge is 2.15. The number of amides is 2. The Balaban J connectivity index is 1.72. The molecule has 0 bridgehead atoms. The van der Waals surface area contributed by atoms with Crippen LogP contribution in [0.5, 0.6) is 0 Å². The minimum absolute atomic E-state index is 0.115. The molecule has 0 aromatic heterocycles. The van der Waals surface area contributed by atoms with Crippen molar-refractivity contribution in [1.82, 2.24) is 5.32 Å². The van der Waals surface area contributed by atoms with Gasteiger partial charge in [-0.1, -0.05) is 72.3 Å². The number of urea groups is 1. The highest BCUT2D eigenvalue weighted by molar-refractivity contribution is 6.30. The number of hydrogen-bond acceptors (Lipinski definition) is 1. The van der Waals surface area contributed by atoms with Gasteiger partial charge in [0.2, 0.25) is 0 Å². The van der Waals surface area contributed by atoms with Gasteiger partial charge >= 0.3 is 6.03 Å². The zero-order chi connectivity index (χ0) is 17.5. The monoisotopic (exact) mass is 350 g/mol. The van der Waals surface area contributed by atoms with Gasteiger partial charge in [0, 0.05) is 10.7 Å². The molecule has 0 saturated carbocycles. The SMILES string of the molecule is O=C(Nc1ccc(Cl)cc1)N[C@@H](Cc1ccccc1)c1ccccc1. The molecule has 3 nitrogen and oxygen atoms in total. The van der Waals surface area contributed by atoms with Crippen molar-refractivity contribution in [2.24, 2.45) is 0 Å². The van der Waals surface area contributed by atoms with Gasteiger partial charge in [-0.15, -0.1) is 0 Å². The number of halogens is 1. The molecule has 3 aromatic rings. The van der Waals surface area contributed by atoms with Crippen molar-refractivity contribution >= 4 is 23.3 Å². The van der Waals surface area contributed by atoms with Crippen LogP contribution < -0.4 is 10.6 Å². The molecule has 4 heteroatoms. The third-order valence-corrected chi connectivity index (χ3v) is 4.14. The number of nitrogens with one attached hydrogen (secondary N) is 2. The second-order valence-corrected chi connectivity index (χ2v) is 6.19. The van der Waals surface area contributed by atoms with E-state index in [1.807, 2.05) is 48.5 Å². The molecule has 25 heavy (non-hydrogen) atoms. The van der Waals surface area contributed by atoms with Crippen molar-refractivity contribution in [3.8, 4) is 0 Å². The zero-order valence-electron chi connectivity index (χ0n) is 13.7.